The number of halogens is 2. The Morgan fingerprint density at radius 3 is 2.73 bits per heavy atom. The van der Waals surface area contributed by atoms with Crippen molar-refractivity contribution in [2.24, 2.45) is 0 Å². The highest BCUT2D eigenvalue weighted by Gasteiger charge is 2.17. The summed E-state index contributed by atoms with van der Waals surface area (Å²) in [7, 11) is 0. The molecule has 0 bridgehead atoms. The fourth-order valence-electron chi connectivity index (χ4n) is 2.59. The summed E-state index contributed by atoms with van der Waals surface area (Å²) in [6.07, 6.45) is 0. The highest BCUT2D eigenvalue weighted by molar-refractivity contribution is 7.99. The maximum atomic E-state index is 13.8. The topological polar surface area (TPSA) is 97.1 Å². The van der Waals surface area contributed by atoms with Crippen molar-refractivity contribution in [3.05, 3.63) is 69.8 Å². The van der Waals surface area contributed by atoms with Gasteiger partial charge in [-0.15, -0.1) is 10.2 Å². The maximum absolute atomic E-state index is 13.8. The van der Waals surface area contributed by atoms with E-state index in [-0.39, 0.29) is 39.9 Å². The van der Waals surface area contributed by atoms with Crippen LogP contribution >= 0.6 is 23.4 Å². The van der Waals surface area contributed by atoms with Crippen molar-refractivity contribution >= 4 is 40.9 Å². The second-order valence-corrected chi connectivity index (χ2v) is 7.73. The van der Waals surface area contributed by atoms with Crippen LogP contribution in [0.1, 0.15) is 27.4 Å². The number of nitrogens with zero attached hydrogens (tertiary/aromatic N) is 2. The van der Waals surface area contributed by atoms with Crippen LogP contribution in [-0.4, -0.2) is 27.8 Å². The molecule has 2 amide bonds. The number of amides is 2. The smallest absolute Gasteiger partial charge is 0.277 e. The van der Waals surface area contributed by atoms with Gasteiger partial charge in [0.1, 0.15) is 5.82 Å². The standard InChI is InChI=1S/C20H18ClFN4O3S/c1-11-6-7-15(12(2)8-11)24-16(27)10-30-20-26-25-17(29-20)9-23-19(28)18-13(21)4-3-5-14(18)22/h3-8H,9-10H2,1-2H3,(H,23,28)(H,24,27). The summed E-state index contributed by atoms with van der Waals surface area (Å²) in [5.74, 6) is -1.44. The van der Waals surface area contributed by atoms with E-state index in [1.807, 2.05) is 32.0 Å². The first kappa shape index (κ1) is 21.8. The van der Waals surface area contributed by atoms with Crippen LogP contribution in [0.4, 0.5) is 10.1 Å². The van der Waals surface area contributed by atoms with Gasteiger partial charge in [0.2, 0.25) is 11.8 Å². The molecule has 0 unspecified atom stereocenters. The number of nitrogens with one attached hydrogen (secondary N) is 2. The third kappa shape index (κ3) is 5.58. The van der Waals surface area contributed by atoms with E-state index in [9.17, 15) is 14.0 Å². The van der Waals surface area contributed by atoms with Gasteiger partial charge in [0, 0.05) is 5.69 Å². The molecule has 3 aromatic rings. The van der Waals surface area contributed by atoms with Crippen LogP contribution in [-0.2, 0) is 11.3 Å². The number of rotatable bonds is 7. The van der Waals surface area contributed by atoms with Crippen molar-refractivity contribution < 1.29 is 18.4 Å². The van der Waals surface area contributed by atoms with Gasteiger partial charge in [-0.1, -0.05) is 47.1 Å². The molecule has 10 heteroatoms. The number of aromatic nitrogens is 2. The fraction of sp³-hybridized carbons (Fsp3) is 0.200. The minimum absolute atomic E-state index is 0.00380. The zero-order valence-electron chi connectivity index (χ0n) is 16.2. The zero-order chi connectivity index (χ0) is 21.7. The third-order valence-corrected chi connectivity index (χ3v) is 5.15. The highest BCUT2D eigenvalue weighted by Crippen LogP contribution is 2.20. The molecule has 0 aliphatic carbocycles. The second-order valence-electron chi connectivity index (χ2n) is 6.40. The summed E-state index contributed by atoms with van der Waals surface area (Å²) in [6, 6.07) is 9.73. The van der Waals surface area contributed by atoms with E-state index in [2.05, 4.69) is 20.8 Å². The first-order chi connectivity index (χ1) is 14.3. The predicted octanol–water partition coefficient (Wildman–Crippen LogP) is 4.14. The fourth-order valence-corrected chi connectivity index (χ4v) is 3.42. The minimum atomic E-state index is -0.725. The summed E-state index contributed by atoms with van der Waals surface area (Å²) in [5, 5.41) is 13.1. The van der Waals surface area contributed by atoms with Crippen molar-refractivity contribution in [1.29, 1.82) is 0 Å². The number of thioether (sulfide) groups is 1. The van der Waals surface area contributed by atoms with Gasteiger partial charge in [-0.3, -0.25) is 9.59 Å². The van der Waals surface area contributed by atoms with Crippen LogP contribution in [0.15, 0.2) is 46.0 Å². The van der Waals surface area contributed by atoms with Gasteiger partial charge in [0.25, 0.3) is 11.1 Å². The van der Waals surface area contributed by atoms with Crippen LogP contribution in [0.3, 0.4) is 0 Å². The Labute approximate surface area is 181 Å². The molecule has 1 aromatic heterocycles. The molecular weight excluding hydrogens is 431 g/mol. The lowest BCUT2D eigenvalue weighted by atomic mass is 10.1. The lowest BCUT2D eigenvalue weighted by Crippen LogP contribution is -2.24. The van der Waals surface area contributed by atoms with Crippen molar-refractivity contribution in [3.63, 3.8) is 0 Å². The van der Waals surface area contributed by atoms with Crippen LogP contribution in [0.25, 0.3) is 0 Å². The van der Waals surface area contributed by atoms with Crippen LogP contribution in [0, 0.1) is 19.7 Å². The van der Waals surface area contributed by atoms with Crippen LogP contribution < -0.4 is 10.6 Å². The van der Waals surface area contributed by atoms with E-state index in [4.69, 9.17) is 16.0 Å². The highest BCUT2D eigenvalue weighted by atomic mass is 35.5. The molecule has 0 spiro atoms. The number of aryl methyl sites for hydroxylation is 2. The van der Waals surface area contributed by atoms with Gasteiger partial charge in [-0.2, -0.15) is 0 Å². The number of hydrogen-bond acceptors (Lipinski definition) is 6. The van der Waals surface area contributed by atoms with Crippen molar-refractivity contribution in [2.75, 3.05) is 11.1 Å². The summed E-state index contributed by atoms with van der Waals surface area (Å²) < 4.78 is 19.2. The SMILES string of the molecule is Cc1ccc(NC(=O)CSc2nnc(CNC(=O)c3c(F)cccc3Cl)o2)c(C)c1. The molecule has 0 aliphatic rings. The Bertz CT molecular complexity index is 1070. The van der Waals surface area contributed by atoms with Gasteiger partial charge < -0.3 is 15.1 Å². The van der Waals surface area contributed by atoms with Crippen molar-refractivity contribution in [1.82, 2.24) is 15.5 Å². The molecule has 0 saturated carbocycles. The van der Waals surface area contributed by atoms with Gasteiger partial charge >= 0.3 is 0 Å². The van der Waals surface area contributed by atoms with E-state index in [0.717, 1.165) is 34.6 Å². The van der Waals surface area contributed by atoms with E-state index < -0.39 is 11.7 Å². The number of carbonyl (C=O) groups excluding carboxylic acids is 2. The molecule has 7 nitrogen and oxygen atoms in total. The molecule has 0 radical (unpaired) electrons. The molecule has 156 valence electrons. The van der Waals surface area contributed by atoms with Gasteiger partial charge in [-0.05, 0) is 37.6 Å². The molecule has 1 heterocycles. The van der Waals surface area contributed by atoms with Gasteiger partial charge in [0.15, 0.2) is 0 Å². The lowest BCUT2D eigenvalue weighted by molar-refractivity contribution is -0.113. The number of benzene rings is 2. The Hall–Kier alpha value is -2.91. The number of anilines is 1. The lowest BCUT2D eigenvalue weighted by Gasteiger charge is -2.08. The molecule has 30 heavy (non-hydrogen) atoms. The Morgan fingerprint density at radius 1 is 1.20 bits per heavy atom. The molecule has 3 rings (SSSR count). The largest absolute Gasteiger partial charge is 0.414 e. The van der Waals surface area contributed by atoms with Crippen LogP contribution in [0.5, 0.6) is 0 Å². The quantitative estimate of drug-likeness (QED) is 0.527. The Balaban J connectivity index is 1.50. The average molecular weight is 449 g/mol. The Morgan fingerprint density at radius 2 is 2.00 bits per heavy atom. The second kappa shape index (κ2) is 9.73. The zero-order valence-corrected chi connectivity index (χ0v) is 17.7. The Kier molecular flexibility index (Phi) is 7.07. The first-order valence-corrected chi connectivity index (χ1v) is 10.2. The van der Waals surface area contributed by atoms with Crippen LogP contribution in [0.2, 0.25) is 5.02 Å². The van der Waals surface area contributed by atoms with Gasteiger partial charge in [0.05, 0.1) is 22.9 Å². The first-order valence-electron chi connectivity index (χ1n) is 8.88. The molecular formula is C20H18ClFN4O3S. The average Bonchev–Trinajstić information content (AvgIpc) is 3.15. The summed E-state index contributed by atoms with van der Waals surface area (Å²) in [5.41, 5.74) is 2.57. The minimum Gasteiger partial charge on any atom is -0.414 e. The summed E-state index contributed by atoms with van der Waals surface area (Å²) in [4.78, 5) is 24.3. The summed E-state index contributed by atoms with van der Waals surface area (Å²) >= 11 is 6.93. The van der Waals surface area contributed by atoms with E-state index in [0.29, 0.717) is 0 Å². The molecule has 0 fully saturated rings. The van der Waals surface area contributed by atoms with E-state index in [1.54, 1.807) is 0 Å². The normalized spacial score (nSPS) is 10.7. The van der Waals surface area contributed by atoms with Crippen molar-refractivity contribution in [2.45, 2.75) is 25.6 Å². The van der Waals surface area contributed by atoms with Crippen molar-refractivity contribution in [3.8, 4) is 0 Å². The molecule has 0 saturated heterocycles. The van der Waals surface area contributed by atoms with E-state index in [1.165, 1.54) is 12.1 Å². The molecule has 2 N–H and O–H groups in total. The summed E-state index contributed by atoms with van der Waals surface area (Å²) in [6.45, 7) is 3.80. The maximum Gasteiger partial charge on any atom is 0.277 e. The molecule has 0 atom stereocenters. The monoisotopic (exact) mass is 448 g/mol. The number of carbonyl (C=O) groups is 2. The van der Waals surface area contributed by atoms with E-state index >= 15 is 0 Å². The molecule has 2 aromatic carbocycles. The third-order valence-electron chi connectivity index (χ3n) is 4.02. The van der Waals surface area contributed by atoms with Gasteiger partial charge in [-0.25, -0.2) is 4.39 Å². The number of hydrogen-bond donors (Lipinski definition) is 2. The molecule has 0 aliphatic heterocycles. The predicted molar refractivity (Wildman–Crippen MR) is 112 cm³/mol.